The van der Waals surface area contributed by atoms with Crippen LogP contribution in [0.25, 0.3) is 0 Å². The number of para-hydroxylation sites is 1. The van der Waals surface area contributed by atoms with E-state index in [2.05, 4.69) is 15.9 Å². The predicted molar refractivity (Wildman–Crippen MR) is 98.4 cm³/mol. The number of hydrogen-bond donors (Lipinski definition) is 1. The van der Waals surface area contributed by atoms with Crippen molar-refractivity contribution >= 4 is 33.3 Å². The Balaban J connectivity index is 0.000000647. The minimum absolute atomic E-state index is 0.00838. The first-order chi connectivity index (χ1) is 11.5. The van der Waals surface area contributed by atoms with Crippen molar-refractivity contribution in [2.24, 2.45) is 0 Å². The molecule has 1 amide bonds. The molecular formula is C19H20BrNO3. The number of hydrogen-bond acceptors (Lipinski definition) is 3. The quantitative estimate of drug-likeness (QED) is 0.812. The lowest BCUT2D eigenvalue weighted by Crippen LogP contribution is -2.25. The molecule has 1 unspecified atom stereocenters. The summed E-state index contributed by atoms with van der Waals surface area (Å²) in [6, 6.07) is 14.9. The highest BCUT2D eigenvalue weighted by Gasteiger charge is 2.36. The van der Waals surface area contributed by atoms with E-state index in [4.69, 9.17) is 5.11 Å². The van der Waals surface area contributed by atoms with E-state index in [-0.39, 0.29) is 30.6 Å². The van der Waals surface area contributed by atoms with Crippen LogP contribution < -0.4 is 4.90 Å². The van der Waals surface area contributed by atoms with Gasteiger partial charge >= 0.3 is 0 Å². The number of rotatable bonds is 3. The molecule has 4 nitrogen and oxygen atoms in total. The number of aliphatic hydroxyl groups excluding tert-OH is 1. The van der Waals surface area contributed by atoms with Crippen LogP contribution in [0.4, 0.5) is 5.69 Å². The van der Waals surface area contributed by atoms with Crippen LogP contribution in [-0.4, -0.2) is 30.5 Å². The van der Waals surface area contributed by atoms with Gasteiger partial charge in [0.2, 0.25) is 5.91 Å². The molecule has 2 aromatic carbocycles. The second-order valence-corrected chi connectivity index (χ2v) is 6.37. The third-order valence-corrected chi connectivity index (χ3v) is 4.39. The van der Waals surface area contributed by atoms with E-state index in [0.29, 0.717) is 5.56 Å². The van der Waals surface area contributed by atoms with E-state index >= 15 is 0 Å². The monoisotopic (exact) mass is 389 g/mol. The molecule has 5 heteroatoms. The summed E-state index contributed by atoms with van der Waals surface area (Å²) in [6.45, 7) is 1.93. The minimum atomic E-state index is -0.373. The van der Waals surface area contributed by atoms with Crippen LogP contribution in [0, 0.1) is 0 Å². The third-order valence-electron chi connectivity index (χ3n) is 3.86. The van der Waals surface area contributed by atoms with E-state index in [1.807, 2.05) is 36.4 Å². The van der Waals surface area contributed by atoms with Gasteiger partial charge in [-0.25, -0.2) is 0 Å². The van der Waals surface area contributed by atoms with Gasteiger partial charge in [0.25, 0.3) is 0 Å². The van der Waals surface area contributed by atoms with Crippen molar-refractivity contribution in [3.8, 4) is 0 Å². The Kier molecular flexibility index (Phi) is 6.29. The van der Waals surface area contributed by atoms with Crippen LogP contribution in [0.15, 0.2) is 53.0 Å². The molecule has 0 aliphatic carbocycles. The zero-order valence-corrected chi connectivity index (χ0v) is 15.3. The standard InChI is InChI=1S/C17H14BrNO2.C2H6O/c1-19-15-5-3-2-4-13(15)14(17(19)21)10-16(20)11-6-8-12(18)9-7-11;1-2-3/h2-9,14H,10H2,1H3;3H,2H2,1H3. The van der Waals surface area contributed by atoms with Gasteiger partial charge in [-0.2, -0.15) is 0 Å². The molecule has 126 valence electrons. The molecule has 0 spiro atoms. The number of Topliss-reactive ketones (excluding diaryl/α,β-unsaturated/α-hetero) is 1. The van der Waals surface area contributed by atoms with Gasteiger partial charge in [0, 0.05) is 35.8 Å². The summed E-state index contributed by atoms with van der Waals surface area (Å²) in [4.78, 5) is 26.4. The maximum Gasteiger partial charge on any atom is 0.234 e. The highest BCUT2D eigenvalue weighted by molar-refractivity contribution is 9.10. The van der Waals surface area contributed by atoms with Gasteiger partial charge in [0.1, 0.15) is 0 Å². The van der Waals surface area contributed by atoms with Crippen molar-refractivity contribution in [3.05, 3.63) is 64.1 Å². The molecule has 1 N–H and O–H groups in total. The van der Waals surface area contributed by atoms with Gasteiger partial charge in [-0.3, -0.25) is 9.59 Å². The molecule has 1 aliphatic rings. The summed E-state index contributed by atoms with van der Waals surface area (Å²) >= 11 is 3.35. The number of likely N-dealkylation sites (N-methyl/N-ethyl adjacent to an activating group) is 1. The lowest BCUT2D eigenvalue weighted by molar-refractivity contribution is -0.119. The lowest BCUT2D eigenvalue weighted by atomic mass is 9.93. The molecule has 24 heavy (non-hydrogen) atoms. The Hall–Kier alpha value is -1.98. The topological polar surface area (TPSA) is 57.6 Å². The SMILES string of the molecule is CCO.CN1C(=O)C(CC(=O)c2ccc(Br)cc2)c2ccccc21. The zero-order valence-electron chi connectivity index (χ0n) is 13.7. The van der Waals surface area contributed by atoms with E-state index in [0.717, 1.165) is 15.7 Å². The summed E-state index contributed by atoms with van der Waals surface area (Å²) in [6.07, 6.45) is 0.210. The first kappa shape index (κ1) is 18.4. The number of halogens is 1. The van der Waals surface area contributed by atoms with Gasteiger partial charge in [-0.15, -0.1) is 0 Å². The predicted octanol–water partition coefficient (Wildman–Crippen LogP) is 3.78. The molecule has 3 rings (SSSR count). The highest BCUT2D eigenvalue weighted by atomic mass is 79.9. The first-order valence-corrected chi connectivity index (χ1v) is 8.55. The summed E-state index contributed by atoms with van der Waals surface area (Å²) in [5.41, 5.74) is 2.48. The van der Waals surface area contributed by atoms with Crippen molar-refractivity contribution in [2.45, 2.75) is 19.3 Å². The second kappa shape index (κ2) is 8.22. The minimum Gasteiger partial charge on any atom is -0.397 e. The van der Waals surface area contributed by atoms with Crippen LogP contribution in [0.5, 0.6) is 0 Å². The van der Waals surface area contributed by atoms with Crippen LogP contribution in [0.2, 0.25) is 0 Å². The molecule has 1 heterocycles. The van der Waals surface area contributed by atoms with Crippen LogP contribution in [-0.2, 0) is 4.79 Å². The van der Waals surface area contributed by atoms with Crippen LogP contribution in [0.3, 0.4) is 0 Å². The summed E-state index contributed by atoms with van der Waals surface area (Å²) in [7, 11) is 1.76. The number of fused-ring (bicyclic) bond motifs is 1. The third kappa shape index (κ3) is 3.91. The Morgan fingerprint density at radius 3 is 2.38 bits per heavy atom. The Morgan fingerprint density at radius 2 is 1.75 bits per heavy atom. The van der Waals surface area contributed by atoms with Crippen molar-refractivity contribution in [2.75, 3.05) is 18.6 Å². The number of benzene rings is 2. The van der Waals surface area contributed by atoms with E-state index in [9.17, 15) is 9.59 Å². The fraction of sp³-hybridized carbons (Fsp3) is 0.263. The fourth-order valence-electron chi connectivity index (χ4n) is 2.71. The molecule has 2 aromatic rings. The van der Waals surface area contributed by atoms with Crippen molar-refractivity contribution in [1.29, 1.82) is 0 Å². The van der Waals surface area contributed by atoms with Gasteiger partial charge < -0.3 is 10.0 Å². The fourth-order valence-corrected chi connectivity index (χ4v) is 2.97. The van der Waals surface area contributed by atoms with Crippen molar-refractivity contribution in [3.63, 3.8) is 0 Å². The maximum absolute atomic E-state index is 12.4. The summed E-state index contributed by atoms with van der Waals surface area (Å²) < 4.78 is 0.932. The van der Waals surface area contributed by atoms with Crippen LogP contribution in [0.1, 0.15) is 35.2 Å². The highest BCUT2D eigenvalue weighted by Crippen LogP contribution is 2.38. The number of carbonyl (C=O) groups excluding carboxylic acids is 2. The Labute approximate surface area is 150 Å². The zero-order chi connectivity index (χ0) is 17.7. The van der Waals surface area contributed by atoms with Crippen molar-refractivity contribution in [1.82, 2.24) is 0 Å². The van der Waals surface area contributed by atoms with Gasteiger partial charge in [0.15, 0.2) is 5.78 Å². The largest absolute Gasteiger partial charge is 0.397 e. The van der Waals surface area contributed by atoms with E-state index < -0.39 is 0 Å². The number of amides is 1. The molecule has 0 saturated carbocycles. The molecule has 1 atom stereocenters. The molecule has 0 bridgehead atoms. The molecule has 0 saturated heterocycles. The molecule has 0 aromatic heterocycles. The number of nitrogens with zero attached hydrogens (tertiary/aromatic N) is 1. The normalized spacial score (nSPS) is 15.6. The Bertz CT molecular complexity index is 728. The average Bonchev–Trinajstić information content (AvgIpc) is 2.82. The second-order valence-electron chi connectivity index (χ2n) is 5.46. The number of ketones is 1. The summed E-state index contributed by atoms with van der Waals surface area (Å²) in [5, 5.41) is 7.57. The molecule has 0 radical (unpaired) electrons. The van der Waals surface area contributed by atoms with Crippen molar-refractivity contribution < 1.29 is 14.7 Å². The summed E-state index contributed by atoms with van der Waals surface area (Å²) in [5.74, 6) is -0.394. The number of aliphatic hydroxyl groups is 1. The average molecular weight is 390 g/mol. The smallest absolute Gasteiger partial charge is 0.234 e. The Morgan fingerprint density at radius 1 is 1.17 bits per heavy atom. The van der Waals surface area contributed by atoms with Gasteiger partial charge in [-0.1, -0.05) is 46.3 Å². The van der Waals surface area contributed by atoms with E-state index in [1.54, 1.807) is 31.0 Å². The molecule has 1 aliphatic heterocycles. The molecule has 0 fully saturated rings. The van der Waals surface area contributed by atoms with E-state index in [1.165, 1.54) is 0 Å². The van der Waals surface area contributed by atoms with Crippen LogP contribution >= 0.6 is 15.9 Å². The lowest BCUT2D eigenvalue weighted by Gasteiger charge is -2.10. The van der Waals surface area contributed by atoms with Gasteiger partial charge in [0.05, 0.1) is 5.92 Å². The molecular weight excluding hydrogens is 370 g/mol. The first-order valence-electron chi connectivity index (χ1n) is 7.75. The van der Waals surface area contributed by atoms with Gasteiger partial charge in [-0.05, 0) is 30.7 Å². The number of anilines is 1. The number of carbonyl (C=O) groups is 2. The maximum atomic E-state index is 12.4.